The minimum atomic E-state index is -0.545. The summed E-state index contributed by atoms with van der Waals surface area (Å²) in [5.41, 5.74) is 6.55. The third-order valence-electron chi connectivity index (χ3n) is 2.64. The molecule has 0 heterocycles. The van der Waals surface area contributed by atoms with Crippen molar-refractivity contribution in [1.29, 1.82) is 0 Å². The summed E-state index contributed by atoms with van der Waals surface area (Å²) < 4.78 is 5.25. The molecule has 112 valence electrons. The number of hydrogen-bond donors (Lipinski definition) is 2. The van der Waals surface area contributed by atoms with Gasteiger partial charge >= 0.3 is 6.09 Å². The van der Waals surface area contributed by atoms with Crippen molar-refractivity contribution in [2.75, 3.05) is 24.2 Å². The van der Waals surface area contributed by atoms with Gasteiger partial charge in [-0.1, -0.05) is 11.6 Å². The Bertz CT molecular complexity index is 498. The van der Waals surface area contributed by atoms with E-state index < -0.39 is 6.09 Å². The van der Waals surface area contributed by atoms with Crippen LogP contribution in [0.25, 0.3) is 0 Å². The van der Waals surface area contributed by atoms with Gasteiger partial charge in [-0.05, 0) is 33.8 Å². The van der Waals surface area contributed by atoms with Gasteiger partial charge in [-0.3, -0.25) is 0 Å². The molecule has 0 spiro atoms. The molecular formula is C14H22ClN3O2. The fourth-order valence-electron chi connectivity index (χ4n) is 1.54. The number of nitrogens with zero attached hydrogens (tertiary/aromatic N) is 1. The Morgan fingerprint density at radius 1 is 1.45 bits per heavy atom. The molecule has 5 nitrogen and oxygen atoms in total. The van der Waals surface area contributed by atoms with Crippen LogP contribution >= 0.6 is 11.6 Å². The number of nitrogens with one attached hydrogen (secondary N) is 1. The minimum Gasteiger partial charge on any atom is -0.408 e. The summed E-state index contributed by atoms with van der Waals surface area (Å²) in [5, 5.41) is 3.23. The molecule has 0 aromatic heterocycles. The van der Waals surface area contributed by atoms with Crippen LogP contribution in [0.3, 0.4) is 0 Å². The van der Waals surface area contributed by atoms with Gasteiger partial charge in [0.1, 0.15) is 0 Å². The fraction of sp³-hybridized carbons (Fsp3) is 0.500. The van der Waals surface area contributed by atoms with Crippen molar-refractivity contribution in [2.45, 2.75) is 33.2 Å². The summed E-state index contributed by atoms with van der Waals surface area (Å²) in [4.78, 5) is 13.7. The lowest BCUT2D eigenvalue weighted by Gasteiger charge is -2.22. The summed E-state index contributed by atoms with van der Waals surface area (Å²) in [7, 11) is 1.90. The van der Waals surface area contributed by atoms with Crippen molar-refractivity contribution in [3.05, 3.63) is 17.2 Å². The molecule has 0 saturated carbocycles. The van der Waals surface area contributed by atoms with E-state index in [2.05, 4.69) is 5.32 Å². The molecule has 20 heavy (non-hydrogen) atoms. The molecule has 1 amide bonds. The summed E-state index contributed by atoms with van der Waals surface area (Å²) >= 11 is 6.14. The second-order valence-corrected chi connectivity index (χ2v) is 6.03. The highest BCUT2D eigenvalue weighted by atomic mass is 35.5. The number of benzene rings is 1. The van der Waals surface area contributed by atoms with Crippen molar-refractivity contribution in [1.82, 2.24) is 5.32 Å². The van der Waals surface area contributed by atoms with E-state index in [0.29, 0.717) is 16.5 Å². The second-order valence-electron chi connectivity index (χ2n) is 5.62. The smallest absolute Gasteiger partial charge is 0.408 e. The maximum atomic E-state index is 11.8. The normalized spacial score (nSPS) is 11.1. The summed E-state index contributed by atoms with van der Waals surface area (Å²) in [5.74, 6) is 0.298. The molecule has 0 unspecified atom stereocenters. The number of nitrogens with two attached hydrogens (primary N) is 1. The van der Waals surface area contributed by atoms with E-state index in [1.54, 1.807) is 12.1 Å². The van der Waals surface area contributed by atoms with E-state index in [1.807, 2.05) is 39.6 Å². The first-order chi connectivity index (χ1) is 9.14. The second kappa shape index (κ2) is 6.22. The van der Waals surface area contributed by atoms with Crippen LogP contribution in [0.4, 0.5) is 16.2 Å². The first-order valence-corrected chi connectivity index (χ1v) is 6.82. The van der Waals surface area contributed by atoms with Crippen molar-refractivity contribution in [3.8, 4) is 5.75 Å². The van der Waals surface area contributed by atoms with Crippen LogP contribution in [-0.4, -0.2) is 25.2 Å². The predicted octanol–water partition coefficient (Wildman–Crippen LogP) is 3.27. The Kier molecular flexibility index (Phi) is 5.11. The van der Waals surface area contributed by atoms with E-state index in [9.17, 15) is 4.79 Å². The van der Waals surface area contributed by atoms with Crippen LogP contribution in [0.2, 0.25) is 5.02 Å². The van der Waals surface area contributed by atoms with E-state index in [-0.39, 0.29) is 5.54 Å². The van der Waals surface area contributed by atoms with Crippen molar-refractivity contribution in [3.63, 3.8) is 0 Å². The number of halogens is 1. The molecule has 0 aliphatic heterocycles. The standard InChI is InChI=1S/C14H22ClN3O2/c1-6-18(5)11-8-12(10(16)7-9(11)15)20-13(19)17-14(2,3)4/h7-8H,6,16H2,1-5H3,(H,17,19). The Morgan fingerprint density at radius 3 is 2.55 bits per heavy atom. The van der Waals surface area contributed by atoms with E-state index in [1.165, 1.54) is 0 Å². The number of hydrogen-bond acceptors (Lipinski definition) is 4. The zero-order valence-electron chi connectivity index (χ0n) is 12.6. The molecule has 1 aromatic rings. The molecule has 1 aromatic carbocycles. The average molecular weight is 300 g/mol. The van der Waals surface area contributed by atoms with Crippen molar-refractivity contribution < 1.29 is 9.53 Å². The maximum Gasteiger partial charge on any atom is 0.413 e. The van der Waals surface area contributed by atoms with Crippen LogP contribution in [0.1, 0.15) is 27.7 Å². The first-order valence-electron chi connectivity index (χ1n) is 6.44. The van der Waals surface area contributed by atoms with E-state index >= 15 is 0 Å². The largest absolute Gasteiger partial charge is 0.413 e. The monoisotopic (exact) mass is 299 g/mol. The molecule has 0 aliphatic rings. The first kappa shape index (κ1) is 16.4. The number of ether oxygens (including phenoxy) is 1. The minimum absolute atomic E-state index is 0.298. The number of rotatable bonds is 3. The Balaban J connectivity index is 2.98. The van der Waals surface area contributed by atoms with Gasteiger partial charge in [0.2, 0.25) is 0 Å². The van der Waals surface area contributed by atoms with Gasteiger partial charge in [0.15, 0.2) is 5.75 Å². The van der Waals surface area contributed by atoms with Crippen LogP contribution in [0.15, 0.2) is 12.1 Å². The Labute approximate surface area is 125 Å². The molecular weight excluding hydrogens is 278 g/mol. The number of carbonyl (C=O) groups excluding carboxylic acids is 1. The predicted molar refractivity (Wildman–Crippen MR) is 83.7 cm³/mol. The molecule has 0 atom stereocenters. The molecule has 0 bridgehead atoms. The highest BCUT2D eigenvalue weighted by Crippen LogP contribution is 2.34. The van der Waals surface area contributed by atoms with Crippen molar-refractivity contribution in [2.24, 2.45) is 0 Å². The zero-order valence-corrected chi connectivity index (χ0v) is 13.3. The summed E-state index contributed by atoms with van der Waals surface area (Å²) in [6.45, 7) is 8.39. The number of amides is 1. The van der Waals surface area contributed by atoms with Crippen LogP contribution in [-0.2, 0) is 0 Å². The highest BCUT2D eigenvalue weighted by Gasteiger charge is 2.18. The van der Waals surface area contributed by atoms with E-state index in [0.717, 1.165) is 12.2 Å². The number of nitrogen functional groups attached to an aromatic ring is 1. The average Bonchev–Trinajstić information content (AvgIpc) is 2.29. The van der Waals surface area contributed by atoms with Gasteiger partial charge in [0.25, 0.3) is 0 Å². The molecule has 0 aliphatic carbocycles. The summed E-state index contributed by atoms with van der Waals surface area (Å²) in [6.07, 6.45) is -0.545. The molecule has 0 fully saturated rings. The molecule has 0 saturated heterocycles. The molecule has 3 N–H and O–H groups in total. The van der Waals surface area contributed by atoms with Crippen LogP contribution in [0, 0.1) is 0 Å². The van der Waals surface area contributed by atoms with Gasteiger partial charge in [-0.15, -0.1) is 0 Å². The number of carbonyl (C=O) groups is 1. The Morgan fingerprint density at radius 2 is 2.05 bits per heavy atom. The lowest BCUT2D eigenvalue weighted by molar-refractivity contribution is 0.191. The third-order valence-corrected chi connectivity index (χ3v) is 2.95. The third kappa shape index (κ3) is 4.49. The fourth-order valence-corrected chi connectivity index (χ4v) is 1.86. The molecule has 0 radical (unpaired) electrons. The maximum absolute atomic E-state index is 11.8. The highest BCUT2D eigenvalue weighted by molar-refractivity contribution is 6.33. The Hall–Kier alpha value is -1.62. The lowest BCUT2D eigenvalue weighted by Crippen LogP contribution is -2.42. The van der Waals surface area contributed by atoms with Gasteiger partial charge in [-0.25, -0.2) is 4.79 Å². The van der Waals surface area contributed by atoms with Gasteiger partial charge in [-0.2, -0.15) is 0 Å². The van der Waals surface area contributed by atoms with E-state index in [4.69, 9.17) is 22.1 Å². The van der Waals surface area contributed by atoms with Gasteiger partial charge in [0, 0.05) is 25.2 Å². The quantitative estimate of drug-likeness (QED) is 0.841. The van der Waals surface area contributed by atoms with Gasteiger partial charge < -0.3 is 20.7 Å². The topological polar surface area (TPSA) is 67.6 Å². The summed E-state index contributed by atoms with van der Waals surface area (Å²) in [6, 6.07) is 3.26. The van der Waals surface area contributed by atoms with Crippen molar-refractivity contribution >= 4 is 29.1 Å². The zero-order chi connectivity index (χ0) is 15.5. The lowest BCUT2D eigenvalue weighted by atomic mass is 10.1. The van der Waals surface area contributed by atoms with Crippen LogP contribution in [0.5, 0.6) is 5.75 Å². The van der Waals surface area contributed by atoms with Gasteiger partial charge in [0.05, 0.1) is 16.4 Å². The molecule has 6 heteroatoms. The number of anilines is 2. The van der Waals surface area contributed by atoms with Crippen LogP contribution < -0.4 is 20.7 Å². The molecule has 1 rings (SSSR count). The SMILES string of the molecule is CCN(C)c1cc(OC(=O)NC(C)(C)C)c(N)cc1Cl.